The highest BCUT2D eigenvalue weighted by molar-refractivity contribution is 7.91. The molecule has 0 aliphatic carbocycles. The van der Waals surface area contributed by atoms with Crippen LogP contribution in [0.25, 0.3) is 0 Å². The van der Waals surface area contributed by atoms with Crippen LogP contribution < -0.4 is 4.72 Å². The highest BCUT2D eigenvalue weighted by Gasteiger charge is 2.32. The molecular formula is C16H18N2O3S2. The minimum Gasteiger partial charge on any atom is -0.341 e. The highest BCUT2D eigenvalue weighted by atomic mass is 32.2. The molecule has 0 bridgehead atoms. The molecule has 0 saturated carbocycles. The number of carbonyl (C=O) groups excluding carboxylic acids is 1. The minimum atomic E-state index is -3.72. The Labute approximate surface area is 140 Å². The Balaban J connectivity index is 1.91. The van der Waals surface area contributed by atoms with Gasteiger partial charge in [0, 0.05) is 13.1 Å². The predicted molar refractivity (Wildman–Crippen MR) is 89.6 cm³/mol. The van der Waals surface area contributed by atoms with Crippen LogP contribution in [0.4, 0.5) is 0 Å². The maximum Gasteiger partial charge on any atom is 0.251 e. The summed E-state index contributed by atoms with van der Waals surface area (Å²) in [6.45, 7) is 1.37. The van der Waals surface area contributed by atoms with Crippen LogP contribution in [0.2, 0.25) is 0 Å². The number of sulfonamides is 1. The smallest absolute Gasteiger partial charge is 0.251 e. The van der Waals surface area contributed by atoms with Crippen LogP contribution >= 0.6 is 11.3 Å². The van der Waals surface area contributed by atoms with Crippen molar-refractivity contribution >= 4 is 27.3 Å². The lowest BCUT2D eigenvalue weighted by Crippen LogP contribution is -2.41. The molecule has 1 aliphatic heterocycles. The van der Waals surface area contributed by atoms with Crippen molar-refractivity contribution in [2.75, 3.05) is 13.1 Å². The van der Waals surface area contributed by atoms with Gasteiger partial charge in [-0.05, 0) is 29.9 Å². The van der Waals surface area contributed by atoms with Gasteiger partial charge in [0.05, 0.1) is 0 Å². The van der Waals surface area contributed by atoms with Crippen molar-refractivity contribution in [2.24, 2.45) is 0 Å². The summed E-state index contributed by atoms with van der Waals surface area (Å²) in [5, 5.41) is 1.70. The summed E-state index contributed by atoms with van der Waals surface area (Å²) < 4.78 is 27.8. The van der Waals surface area contributed by atoms with Crippen molar-refractivity contribution in [2.45, 2.75) is 23.1 Å². The van der Waals surface area contributed by atoms with Crippen LogP contribution in [0.15, 0.2) is 52.1 Å². The fraction of sp³-hybridized carbons (Fsp3) is 0.312. The Morgan fingerprint density at radius 3 is 2.39 bits per heavy atom. The lowest BCUT2D eigenvalue weighted by atomic mass is 10.1. The third kappa shape index (κ3) is 3.63. The summed E-state index contributed by atoms with van der Waals surface area (Å²) in [6, 6.07) is 11.3. The number of amides is 1. The number of hydrogen-bond donors (Lipinski definition) is 1. The number of likely N-dealkylation sites (tertiary alicyclic amines) is 1. The maximum atomic E-state index is 12.8. The fourth-order valence-electron chi connectivity index (χ4n) is 2.66. The summed E-state index contributed by atoms with van der Waals surface area (Å²) in [7, 11) is -3.72. The lowest BCUT2D eigenvalue weighted by molar-refractivity contribution is -0.132. The van der Waals surface area contributed by atoms with Gasteiger partial charge in [-0.2, -0.15) is 4.72 Å². The van der Waals surface area contributed by atoms with E-state index in [9.17, 15) is 13.2 Å². The van der Waals surface area contributed by atoms with Crippen molar-refractivity contribution in [3.63, 3.8) is 0 Å². The summed E-state index contributed by atoms with van der Waals surface area (Å²) >= 11 is 1.14. The zero-order valence-corrected chi connectivity index (χ0v) is 14.1. The third-order valence-electron chi connectivity index (χ3n) is 3.83. The second-order valence-corrected chi connectivity index (χ2v) is 8.32. The van der Waals surface area contributed by atoms with E-state index in [0.29, 0.717) is 18.7 Å². The number of thiophene rings is 1. The summed E-state index contributed by atoms with van der Waals surface area (Å²) in [5.41, 5.74) is 0.657. The van der Waals surface area contributed by atoms with Crippen molar-refractivity contribution in [1.29, 1.82) is 0 Å². The van der Waals surface area contributed by atoms with Crippen LogP contribution in [0.3, 0.4) is 0 Å². The topological polar surface area (TPSA) is 66.5 Å². The number of nitrogens with zero attached hydrogens (tertiary/aromatic N) is 1. The molecule has 23 heavy (non-hydrogen) atoms. The van der Waals surface area contributed by atoms with Crippen LogP contribution in [-0.4, -0.2) is 32.3 Å². The average molecular weight is 350 g/mol. The van der Waals surface area contributed by atoms with Gasteiger partial charge in [0.2, 0.25) is 5.91 Å². The Hall–Kier alpha value is -1.70. The third-order valence-corrected chi connectivity index (χ3v) is 6.65. The van der Waals surface area contributed by atoms with Gasteiger partial charge >= 0.3 is 0 Å². The van der Waals surface area contributed by atoms with E-state index >= 15 is 0 Å². The normalized spacial score (nSPS) is 16.4. The van der Waals surface area contributed by atoms with Gasteiger partial charge in [0.15, 0.2) is 0 Å². The van der Waals surface area contributed by atoms with Gasteiger partial charge in [-0.1, -0.05) is 36.4 Å². The molecule has 1 fully saturated rings. The van der Waals surface area contributed by atoms with Gasteiger partial charge in [-0.25, -0.2) is 8.42 Å². The van der Waals surface area contributed by atoms with E-state index in [1.165, 1.54) is 6.07 Å². The SMILES string of the molecule is O=C([C@@H](NS(=O)(=O)c1cccs1)c1ccccc1)N1CCCC1. The van der Waals surface area contributed by atoms with E-state index in [4.69, 9.17) is 0 Å². The van der Waals surface area contributed by atoms with E-state index < -0.39 is 16.1 Å². The highest BCUT2D eigenvalue weighted by Crippen LogP contribution is 2.23. The zero-order chi connectivity index (χ0) is 16.3. The Morgan fingerprint density at radius 2 is 1.78 bits per heavy atom. The summed E-state index contributed by atoms with van der Waals surface area (Å²) in [4.78, 5) is 14.5. The molecule has 7 heteroatoms. The maximum absolute atomic E-state index is 12.8. The predicted octanol–water partition coefficient (Wildman–Crippen LogP) is 2.39. The van der Waals surface area contributed by atoms with Crippen molar-refractivity contribution in [1.82, 2.24) is 9.62 Å². The van der Waals surface area contributed by atoms with Crippen LogP contribution in [0.5, 0.6) is 0 Å². The first-order chi connectivity index (χ1) is 11.1. The van der Waals surface area contributed by atoms with E-state index in [1.54, 1.807) is 40.6 Å². The molecule has 1 aromatic carbocycles. The van der Waals surface area contributed by atoms with E-state index in [0.717, 1.165) is 24.2 Å². The number of benzene rings is 1. The first kappa shape index (κ1) is 16.2. The first-order valence-corrected chi connectivity index (χ1v) is 9.84. The minimum absolute atomic E-state index is 0.186. The molecule has 1 atom stereocenters. The van der Waals surface area contributed by atoms with Gasteiger partial charge in [0.25, 0.3) is 10.0 Å². The van der Waals surface area contributed by atoms with Crippen molar-refractivity contribution in [3.8, 4) is 0 Å². The molecular weight excluding hydrogens is 332 g/mol. The molecule has 0 spiro atoms. The molecule has 5 nitrogen and oxygen atoms in total. The standard InChI is InChI=1S/C16H18N2O3S2/c19-16(18-10-4-5-11-18)15(13-7-2-1-3-8-13)17-23(20,21)14-9-6-12-22-14/h1-3,6-9,12,15,17H,4-5,10-11H2/t15-/m0/s1. The van der Waals surface area contributed by atoms with Crippen LogP contribution in [0, 0.1) is 0 Å². The number of carbonyl (C=O) groups is 1. The molecule has 122 valence electrons. The largest absolute Gasteiger partial charge is 0.341 e. The van der Waals surface area contributed by atoms with Crippen LogP contribution in [0.1, 0.15) is 24.4 Å². The quantitative estimate of drug-likeness (QED) is 0.900. The van der Waals surface area contributed by atoms with Gasteiger partial charge in [-0.3, -0.25) is 4.79 Å². The zero-order valence-electron chi connectivity index (χ0n) is 12.5. The number of rotatable bonds is 5. The van der Waals surface area contributed by atoms with E-state index in [-0.39, 0.29) is 10.1 Å². The van der Waals surface area contributed by atoms with E-state index in [1.807, 2.05) is 6.07 Å². The van der Waals surface area contributed by atoms with E-state index in [2.05, 4.69) is 4.72 Å². The Kier molecular flexibility index (Phi) is 4.79. The molecule has 1 saturated heterocycles. The molecule has 2 heterocycles. The summed E-state index contributed by atoms with van der Waals surface area (Å²) in [6.07, 6.45) is 1.93. The molecule has 1 aromatic heterocycles. The molecule has 1 aliphatic rings. The van der Waals surface area contributed by atoms with Crippen molar-refractivity contribution < 1.29 is 13.2 Å². The van der Waals surface area contributed by atoms with Crippen LogP contribution in [-0.2, 0) is 14.8 Å². The monoisotopic (exact) mass is 350 g/mol. The second kappa shape index (κ2) is 6.82. The van der Waals surface area contributed by atoms with Gasteiger partial charge in [-0.15, -0.1) is 11.3 Å². The molecule has 0 unspecified atom stereocenters. The second-order valence-electron chi connectivity index (χ2n) is 5.43. The molecule has 0 radical (unpaired) electrons. The number of nitrogens with one attached hydrogen (secondary N) is 1. The van der Waals surface area contributed by atoms with Gasteiger partial charge < -0.3 is 4.90 Å². The number of hydrogen-bond acceptors (Lipinski definition) is 4. The molecule has 1 N–H and O–H groups in total. The Bertz CT molecular complexity index is 752. The van der Waals surface area contributed by atoms with Crippen molar-refractivity contribution in [3.05, 3.63) is 53.4 Å². The Morgan fingerprint density at radius 1 is 1.09 bits per heavy atom. The fourth-order valence-corrected chi connectivity index (χ4v) is 4.84. The first-order valence-electron chi connectivity index (χ1n) is 7.47. The summed E-state index contributed by atoms with van der Waals surface area (Å²) in [5.74, 6) is -0.186. The molecule has 2 aromatic rings. The van der Waals surface area contributed by atoms with Gasteiger partial charge in [0.1, 0.15) is 10.3 Å². The molecule has 1 amide bonds. The lowest BCUT2D eigenvalue weighted by Gasteiger charge is -2.24. The molecule has 3 rings (SSSR count). The average Bonchev–Trinajstić information content (AvgIpc) is 3.25.